The maximum Gasteiger partial charge on any atom is 0.276 e. The highest BCUT2D eigenvalue weighted by molar-refractivity contribution is 5.55. The van der Waals surface area contributed by atoms with Gasteiger partial charge in [-0.2, -0.15) is 0 Å². The van der Waals surface area contributed by atoms with E-state index in [9.17, 15) is 4.79 Å². The summed E-state index contributed by atoms with van der Waals surface area (Å²) in [4.78, 5) is 15.2. The Kier molecular flexibility index (Phi) is 1.84. The van der Waals surface area contributed by atoms with Gasteiger partial charge in [-0.15, -0.1) is 5.10 Å². The first kappa shape index (κ1) is 7.60. The van der Waals surface area contributed by atoms with Crippen molar-refractivity contribution in [3.8, 4) is 11.3 Å². The monoisotopic (exact) mass is 174 g/mol. The maximum atomic E-state index is 11.2. The fraction of sp³-hybridized carbons (Fsp3) is 0. The van der Waals surface area contributed by atoms with Crippen LogP contribution in [-0.4, -0.2) is 20.4 Å². The van der Waals surface area contributed by atoms with Crippen LogP contribution in [0.15, 0.2) is 35.4 Å². The van der Waals surface area contributed by atoms with Crippen molar-refractivity contribution < 1.29 is 0 Å². The van der Waals surface area contributed by atoms with Crippen molar-refractivity contribution in [2.24, 2.45) is 0 Å². The molecule has 0 saturated carbocycles. The van der Waals surface area contributed by atoms with E-state index in [1.807, 2.05) is 6.07 Å². The van der Waals surface area contributed by atoms with E-state index < -0.39 is 0 Å². The molecule has 5 heteroatoms. The van der Waals surface area contributed by atoms with E-state index in [0.717, 1.165) is 0 Å². The zero-order valence-electron chi connectivity index (χ0n) is 6.64. The molecule has 0 unspecified atom stereocenters. The summed E-state index contributed by atoms with van der Waals surface area (Å²) in [6, 6.07) is 5.33. The Balaban J connectivity index is 2.60. The summed E-state index contributed by atoms with van der Waals surface area (Å²) < 4.78 is 0. The number of hydrogen-bond acceptors (Lipinski definition) is 4. The minimum absolute atomic E-state index is 0.284. The second kappa shape index (κ2) is 3.14. The molecule has 64 valence electrons. The van der Waals surface area contributed by atoms with Crippen LogP contribution in [0.1, 0.15) is 0 Å². The van der Waals surface area contributed by atoms with Gasteiger partial charge in [0.05, 0.1) is 17.5 Å². The van der Waals surface area contributed by atoms with Crippen LogP contribution in [0.25, 0.3) is 11.3 Å². The lowest BCUT2D eigenvalue weighted by atomic mass is 10.2. The van der Waals surface area contributed by atoms with Gasteiger partial charge in [-0.05, 0) is 12.1 Å². The summed E-state index contributed by atoms with van der Waals surface area (Å²) in [6.07, 6.45) is 3.01. The normalized spacial score (nSPS) is 9.85. The SMILES string of the molecule is O=c1[nH]nncc1-c1ccccn1. The molecular weight excluding hydrogens is 168 g/mol. The summed E-state index contributed by atoms with van der Waals surface area (Å²) in [5.41, 5.74) is 0.739. The summed E-state index contributed by atoms with van der Waals surface area (Å²) in [7, 11) is 0. The van der Waals surface area contributed by atoms with Crippen LogP contribution >= 0.6 is 0 Å². The van der Waals surface area contributed by atoms with E-state index in [2.05, 4.69) is 20.4 Å². The minimum atomic E-state index is -0.284. The predicted octanol–water partition coefficient (Wildman–Crippen LogP) is 0.227. The third kappa shape index (κ3) is 1.44. The largest absolute Gasteiger partial charge is 0.276 e. The Morgan fingerprint density at radius 3 is 2.92 bits per heavy atom. The molecular formula is C8H6N4O. The molecule has 0 aliphatic rings. The molecule has 13 heavy (non-hydrogen) atoms. The van der Waals surface area contributed by atoms with E-state index in [1.54, 1.807) is 18.3 Å². The molecule has 0 atom stereocenters. The molecule has 0 spiro atoms. The zero-order chi connectivity index (χ0) is 9.10. The van der Waals surface area contributed by atoms with Gasteiger partial charge in [0.15, 0.2) is 0 Å². The Morgan fingerprint density at radius 2 is 2.23 bits per heavy atom. The second-order valence-corrected chi connectivity index (χ2v) is 2.41. The van der Waals surface area contributed by atoms with E-state index in [1.165, 1.54) is 6.20 Å². The lowest BCUT2D eigenvalue weighted by Crippen LogP contribution is -2.11. The predicted molar refractivity (Wildman–Crippen MR) is 45.9 cm³/mol. The Labute approximate surface area is 73.5 Å². The topological polar surface area (TPSA) is 71.5 Å². The standard InChI is InChI=1S/C8H6N4O/c13-8-6(5-10-12-11-8)7-3-1-2-4-9-7/h1-5H,(H,10,11,13). The van der Waals surface area contributed by atoms with Crippen LogP contribution in [0, 0.1) is 0 Å². The van der Waals surface area contributed by atoms with E-state index in [4.69, 9.17) is 0 Å². The van der Waals surface area contributed by atoms with E-state index in [0.29, 0.717) is 11.3 Å². The molecule has 0 radical (unpaired) electrons. The van der Waals surface area contributed by atoms with Gasteiger partial charge in [0.1, 0.15) is 0 Å². The molecule has 0 aromatic carbocycles. The number of aromatic nitrogens is 4. The minimum Gasteiger partial charge on any atom is -0.267 e. The number of rotatable bonds is 1. The first-order chi connectivity index (χ1) is 6.38. The van der Waals surface area contributed by atoms with Gasteiger partial charge in [-0.1, -0.05) is 11.3 Å². The fourth-order valence-electron chi connectivity index (χ4n) is 0.984. The fourth-order valence-corrected chi connectivity index (χ4v) is 0.984. The number of hydrogen-bond donors (Lipinski definition) is 1. The van der Waals surface area contributed by atoms with Crippen LogP contribution in [-0.2, 0) is 0 Å². The van der Waals surface area contributed by atoms with Gasteiger partial charge in [-0.25, -0.2) is 5.10 Å². The molecule has 0 fully saturated rings. The maximum absolute atomic E-state index is 11.2. The molecule has 2 rings (SSSR count). The smallest absolute Gasteiger partial charge is 0.267 e. The number of pyridine rings is 1. The molecule has 1 N–H and O–H groups in total. The number of nitrogens with zero attached hydrogens (tertiary/aromatic N) is 3. The number of H-pyrrole nitrogens is 1. The molecule has 0 saturated heterocycles. The number of aromatic amines is 1. The van der Waals surface area contributed by atoms with Gasteiger partial charge >= 0.3 is 0 Å². The van der Waals surface area contributed by atoms with Crippen molar-refractivity contribution in [1.29, 1.82) is 0 Å². The van der Waals surface area contributed by atoms with Crippen molar-refractivity contribution in [3.05, 3.63) is 40.9 Å². The molecule has 0 bridgehead atoms. The third-order valence-corrected chi connectivity index (χ3v) is 1.58. The van der Waals surface area contributed by atoms with Gasteiger partial charge in [0.2, 0.25) is 0 Å². The molecule has 2 aromatic rings. The van der Waals surface area contributed by atoms with Crippen molar-refractivity contribution in [2.45, 2.75) is 0 Å². The lowest BCUT2D eigenvalue weighted by Gasteiger charge is -1.95. The average Bonchev–Trinajstić information content (AvgIpc) is 2.20. The highest BCUT2D eigenvalue weighted by Gasteiger charge is 2.02. The quantitative estimate of drug-likeness (QED) is 0.671. The summed E-state index contributed by atoms with van der Waals surface area (Å²) in [5, 5.41) is 9.17. The van der Waals surface area contributed by atoms with Gasteiger partial charge < -0.3 is 0 Å². The molecule has 0 amide bonds. The zero-order valence-corrected chi connectivity index (χ0v) is 6.64. The Morgan fingerprint density at radius 1 is 1.31 bits per heavy atom. The highest BCUT2D eigenvalue weighted by Crippen LogP contribution is 2.07. The molecule has 0 aliphatic carbocycles. The van der Waals surface area contributed by atoms with Crippen LogP contribution in [0.2, 0.25) is 0 Å². The average molecular weight is 174 g/mol. The van der Waals surface area contributed by atoms with Crippen LogP contribution in [0.3, 0.4) is 0 Å². The van der Waals surface area contributed by atoms with Crippen molar-refractivity contribution >= 4 is 0 Å². The van der Waals surface area contributed by atoms with Crippen LogP contribution < -0.4 is 5.56 Å². The van der Waals surface area contributed by atoms with E-state index >= 15 is 0 Å². The lowest BCUT2D eigenvalue weighted by molar-refractivity contribution is 0.842. The summed E-state index contributed by atoms with van der Waals surface area (Å²) in [6.45, 7) is 0. The van der Waals surface area contributed by atoms with Gasteiger partial charge in [0, 0.05) is 6.20 Å². The second-order valence-electron chi connectivity index (χ2n) is 2.41. The Hall–Kier alpha value is -2.04. The van der Waals surface area contributed by atoms with E-state index in [-0.39, 0.29) is 5.56 Å². The highest BCUT2D eigenvalue weighted by atomic mass is 16.1. The van der Waals surface area contributed by atoms with Crippen molar-refractivity contribution in [3.63, 3.8) is 0 Å². The summed E-state index contributed by atoms with van der Waals surface area (Å²) in [5.74, 6) is 0. The first-order valence-electron chi connectivity index (χ1n) is 3.70. The number of nitrogens with one attached hydrogen (secondary N) is 1. The summed E-state index contributed by atoms with van der Waals surface area (Å²) >= 11 is 0. The molecule has 2 aromatic heterocycles. The van der Waals surface area contributed by atoms with Crippen LogP contribution in [0.4, 0.5) is 0 Å². The van der Waals surface area contributed by atoms with Gasteiger partial charge in [-0.3, -0.25) is 9.78 Å². The molecule has 0 aliphatic heterocycles. The van der Waals surface area contributed by atoms with Gasteiger partial charge in [0.25, 0.3) is 5.56 Å². The van der Waals surface area contributed by atoms with Crippen molar-refractivity contribution in [1.82, 2.24) is 20.4 Å². The Bertz CT molecular complexity index is 451. The molecule has 2 heterocycles. The van der Waals surface area contributed by atoms with Crippen molar-refractivity contribution in [2.75, 3.05) is 0 Å². The molecule has 5 nitrogen and oxygen atoms in total. The van der Waals surface area contributed by atoms with Crippen LogP contribution in [0.5, 0.6) is 0 Å². The first-order valence-corrected chi connectivity index (χ1v) is 3.70. The third-order valence-electron chi connectivity index (χ3n) is 1.58.